The highest BCUT2D eigenvalue weighted by Gasteiger charge is 2.27. The molecule has 150 valence electrons. The van der Waals surface area contributed by atoms with Crippen LogP contribution in [0.5, 0.6) is 0 Å². The molecule has 1 fully saturated rings. The van der Waals surface area contributed by atoms with Crippen molar-refractivity contribution in [1.29, 1.82) is 0 Å². The maximum absolute atomic E-state index is 9.59. The van der Waals surface area contributed by atoms with Crippen LogP contribution in [0.3, 0.4) is 0 Å². The van der Waals surface area contributed by atoms with E-state index in [1.165, 1.54) is 25.7 Å². The summed E-state index contributed by atoms with van der Waals surface area (Å²) in [4.78, 5) is 9.38. The van der Waals surface area contributed by atoms with Crippen LogP contribution in [-0.4, -0.2) is 45.6 Å². The fourth-order valence-electron chi connectivity index (χ4n) is 4.52. The summed E-state index contributed by atoms with van der Waals surface area (Å²) in [5.41, 5.74) is 3.57. The summed E-state index contributed by atoms with van der Waals surface area (Å²) < 4.78 is 5.78. The van der Waals surface area contributed by atoms with Gasteiger partial charge in [-0.3, -0.25) is 13.8 Å². The van der Waals surface area contributed by atoms with E-state index in [0.29, 0.717) is 5.92 Å². The van der Waals surface area contributed by atoms with Gasteiger partial charge in [0.25, 0.3) is 0 Å². The maximum Gasteiger partial charge on any atom is 0.149 e. The first-order valence-electron chi connectivity index (χ1n) is 10.2. The summed E-state index contributed by atoms with van der Waals surface area (Å²) in [5, 5.41) is 18.5. The van der Waals surface area contributed by atoms with Gasteiger partial charge in [0.05, 0.1) is 29.7 Å². The molecule has 0 spiro atoms. The lowest BCUT2D eigenvalue weighted by molar-refractivity contribution is 0.211. The van der Waals surface area contributed by atoms with E-state index in [4.69, 9.17) is 4.98 Å². The maximum atomic E-state index is 9.59. The summed E-state index contributed by atoms with van der Waals surface area (Å²) in [6, 6.07) is 2.20. The van der Waals surface area contributed by atoms with Gasteiger partial charge in [-0.25, -0.2) is 9.97 Å². The first-order chi connectivity index (χ1) is 14.2. The monoisotopic (exact) mass is 391 g/mol. The van der Waals surface area contributed by atoms with Crippen molar-refractivity contribution in [3.05, 3.63) is 43.2 Å². The van der Waals surface area contributed by atoms with Gasteiger partial charge in [0, 0.05) is 50.1 Å². The molecule has 29 heavy (non-hydrogen) atoms. The minimum absolute atomic E-state index is 0.177. The molecule has 4 aromatic heterocycles. The quantitative estimate of drug-likeness (QED) is 0.546. The normalized spacial score (nSPS) is 16.1. The van der Waals surface area contributed by atoms with E-state index in [2.05, 4.69) is 21.4 Å². The number of hydrogen-bond donors (Lipinski definition) is 1. The Bertz CT molecular complexity index is 1120. The van der Waals surface area contributed by atoms with Crippen molar-refractivity contribution >= 4 is 5.65 Å². The van der Waals surface area contributed by atoms with Crippen molar-refractivity contribution in [2.24, 2.45) is 13.0 Å². The van der Waals surface area contributed by atoms with Crippen LogP contribution in [0.1, 0.15) is 38.1 Å². The molecule has 0 aromatic carbocycles. The average Bonchev–Trinajstić information content (AvgIpc) is 3.52. The Balaban J connectivity index is 1.56. The van der Waals surface area contributed by atoms with Gasteiger partial charge >= 0.3 is 0 Å². The third kappa shape index (κ3) is 3.33. The van der Waals surface area contributed by atoms with Crippen molar-refractivity contribution in [1.82, 2.24) is 33.9 Å². The number of hydrogen-bond acceptors (Lipinski definition) is 5. The van der Waals surface area contributed by atoms with Gasteiger partial charge in [0.2, 0.25) is 0 Å². The van der Waals surface area contributed by atoms with Gasteiger partial charge in [-0.15, -0.1) is 0 Å². The molecular weight excluding hydrogens is 366 g/mol. The number of rotatable bonds is 6. The minimum Gasteiger partial charge on any atom is -0.396 e. The molecule has 0 saturated heterocycles. The molecule has 5 rings (SSSR count). The molecule has 1 aliphatic rings. The lowest BCUT2D eigenvalue weighted by Crippen LogP contribution is -2.19. The van der Waals surface area contributed by atoms with Crippen LogP contribution in [0.4, 0.5) is 0 Å². The summed E-state index contributed by atoms with van der Waals surface area (Å²) in [7, 11) is 1.90. The largest absolute Gasteiger partial charge is 0.396 e. The lowest BCUT2D eigenvalue weighted by Gasteiger charge is -2.23. The van der Waals surface area contributed by atoms with Crippen LogP contribution in [-0.2, 0) is 7.05 Å². The van der Waals surface area contributed by atoms with Gasteiger partial charge in [0.15, 0.2) is 0 Å². The highest BCUT2D eigenvalue weighted by Crippen LogP contribution is 2.36. The summed E-state index contributed by atoms with van der Waals surface area (Å²) >= 11 is 0. The number of fused-ring (bicyclic) bond motifs is 1. The fourth-order valence-corrected chi connectivity index (χ4v) is 4.52. The van der Waals surface area contributed by atoms with Gasteiger partial charge in [0.1, 0.15) is 11.5 Å². The van der Waals surface area contributed by atoms with Crippen LogP contribution in [0, 0.1) is 5.92 Å². The van der Waals surface area contributed by atoms with Gasteiger partial charge < -0.3 is 5.11 Å². The smallest absolute Gasteiger partial charge is 0.149 e. The zero-order chi connectivity index (χ0) is 19.8. The topological polar surface area (TPSA) is 86.1 Å². The fraction of sp³-hybridized carbons (Fsp3) is 0.429. The Morgan fingerprint density at radius 3 is 2.72 bits per heavy atom. The first-order valence-corrected chi connectivity index (χ1v) is 10.2. The number of aryl methyl sites for hydroxylation is 1. The molecule has 1 atom stereocenters. The number of imidazole rings is 1. The SMILES string of the molecule is Cn1cc(-c2cc3nccn3c(-c3cnn(C(CCO)C4CCCC4)c3)n2)cn1. The second-order valence-corrected chi connectivity index (χ2v) is 7.86. The molecular formula is C21H25N7O. The van der Waals surface area contributed by atoms with Crippen molar-refractivity contribution in [3.63, 3.8) is 0 Å². The molecule has 1 saturated carbocycles. The first kappa shape index (κ1) is 18.1. The van der Waals surface area contributed by atoms with Gasteiger partial charge in [-0.2, -0.15) is 10.2 Å². The van der Waals surface area contributed by atoms with Crippen LogP contribution < -0.4 is 0 Å². The Morgan fingerprint density at radius 2 is 1.97 bits per heavy atom. The van der Waals surface area contributed by atoms with E-state index in [1.54, 1.807) is 10.9 Å². The second-order valence-electron chi connectivity index (χ2n) is 7.86. The van der Waals surface area contributed by atoms with Gasteiger partial charge in [-0.05, 0) is 25.2 Å². The standard InChI is InChI=1S/C21H25N7O/c1-26-13-16(11-23-26)18-10-20-22-7-8-27(20)21(25-18)17-12-24-28(14-17)19(6-9-29)15-4-2-3-5-15/h7-8,10-15,19,29H,2-6,9H2,1H3. The van der Waals surface area contributed by atoms with Crippen molar-refractivity contribution in [2.45, 2.75) is 38.1 Å². The summed E-state index contributed by atoms with van der Waals surface area (Å²) in [6.07, 6.45) is 17.1. The molecule has 0 amide bonds. The zero-order valence-electron chi connectivity index (χ0n) is 16.5. The molecule has 0 radical (unpaired) electrons. The van der Waals surface area contributed by atoms with Crippen molar-refractivity contribution in [3.8, 4) is 22.6 Å². The Morgan fingerprint density at radius 1 is 1.14 bits per heavy atom. The molecule has 0 aliphatic heterocycles. The average molecular weight is 391 g/mol. The van der Waals surface area contributed by atoms with Crippen molar-refractivity contribution < 1.29 is 5.11 Å². The second kappa shape index (κ2) is 7.44. The highest BCUT2D eigenvalue weighted by atomic mass is 16.3. The van der Waals surface area contributed by atoms with E-state index in [-0.39, 0.29) is 12.6 Å². The van der Waals surface area contributed by atoms with Crippen LogP contribution in [0.15, 0.2) is 43.2 Å². The van der Waals surface area contributed by atoms with Crippen LogP contribution in [0.25, 0.3) is 28.3 Å². The Labute approximate surface area is 168 Å². The summed E-state index contributed by atoms with van der Waals surface area (Å²) in [5.74, 6) is 1.39. The lowest BCUT2D eigenvalue weighted by atomic mass is 9.96. The molecule has 4 heterocycles. The van der Waals surface area contributed by atoms with E-state index in [1.807, 2.05) is 47.0 Å². The number of nitrogens with zero attached hydrogens (tertiary/aromatic N) is 7. The molecule has 0 bridgehead atoms. The number of aliphatic hydroxyl groups is 1. The molecule has 1 unspecified atom stereocenters. The molecule has 1 aliphatic carbocycles. The predicted octanol–water partition coefficient (Wildman–Crippen LogP) is 3.11. The zero-order valence-corrected chi connectivity index (χ0v) is 16.5. The molecule has 1 N–H and O–H groups in total. The van der Waals surface area contributed by atoms with E-state index in [9.17, 15) is 5.11 Å². The Kier molecular flexibility index (Phi) is 4.63. The minimum atomic E-state index is 0.177. The van der Waals surface area contributed by atoms with Crippen molar-refractivity contribution in [2.75, 3.05) is 6.61 Å². The number of aliphatic hydroxyl groups excluding tert-OH is 1. The predicted molar refractivity (Wildman–Crippen MR) is 109 cm³/mol. The van der Waals surface area contributed by atoms with E-state index < -0.39 is 0 Å². The molecule has 8 nitrogen and oxygen atoms in total. The van der Waals surface area contributed by atoms with Crippen LogP contribution >= 0.6 is 0 Å². The Hall–Kier alpha value is -3.00. The highest BCUT2D eigenvalue weighted by molar-refractivity contribution is 5.68. The third-order valence-corrected chi connectivity index (χ3v) is 5.96. The van der Waals surface area contributed by atoms with Crippen LogP contribution in [0.2, 0.25) is 0 Å². The van der Waals surface area contributed by atoms with E-state index >= 15 is 0 Å². The van der Waals surface area contributed by atoms with E-state index in [0.717, 1.165) is 34.7 Å². The molecule has 8 heteroatoms. The summed E-state index contributed by atoms with van der Waals surface area (Å²) in [6.45, 7) is 0.177. The third-order valence-electron chi connectivity index (χ3n) is 5.96. The number of aromatic nitrogens is 7. The molecule has 4 aromatic rings. The van der Waals surface area contributed by atoms with Gasteiger partial charge in [-0.1, -0.05) is 12.8 Å².